The fourth-order valence-electron chi connectivity index (χ4n) is 2.16. The Hall–Kier alpha value is -1.08. The zero-order valence-corrected chi connectivity index (χ0v) is 11.6. The van der Waals surface area contributed by atoms with Crippen LogP contribution in [-0.2, 0) is 0 Å². The minimum absolute atomic E-state index is 0.478. The van der Waals surface area contributed by atoms with Gasteiger partial charge in [0, 0.05) is 10.7 Å². The van der Waals surface area contributed by atoms with Crippen LogP contribution >= 0.6 is 15.9 Å². The smallest absolute Gasteiger partial charge is 0.0126 e. The Balaban J connectivity index is 2.32. The van der Waals surface area contributed by atoms with E-state index in [2.05, 4.69) is 83.5 Å². The lowest BCUT2D eigenvalue weighted by atomic mass is 9.88. The Morgan fingerprint density at radius 2 is 1.24 bits per heavy atom. The number of benzene rings is 2. The summed E-state index contributed by atoms with van der Waals surface area (Å²) in [6.45, 7) is 2.21. The highest BCUT2D eigenvalue weighted by Gasteiger charge is 2.15. The molecule has 2 aromatic carbocycles. The van der Waals surface area contributed by atoms with Gasteiger partial charge in [0.1, 0.15) is 0 Å². The van der Waals surface area contributed by atoms with E-state index < -0.39 is 0 Å². The Labute approximate surface area is 112 Å². The van der Waals surface area contributed by atoms with Crippen LogP contribution in [0.5, 0.6) is 0 Å². The fourth-order valence-corrected chi connectivity index (χ4v) is 2.53. The van der Waals surface area contributed by atoms with Crippen LogP contribution in [-0.4, -0.2) is 4.83 Å². The molecule has 0 spiro atoms. The third-order valence-corrected chi connectivity index (χ3v) is 3.34. The van der Waals surface area contributed by atoms with Gasteiger partial charge in [0.2, 0.25) is 0 Å². The molecular weight excluding hydrogens is 272 g/mol. The lowest BCUT2D eigenvalue weighted by Gasteiger charge is -2.19. The average Bonchev–Trinajstić information content (AvgIpc) is 2.38. The first-order valence-electron chi connectivity index (χ1n) is 6.01. The number of hydrogen-bond acceptors (Lipinski definition) is 0. The summed E-state index contributed by atoms with van der Waals surface area (Å²) in [6.07, 6.45) is 1.12. The lowest BCUT2D eigenvalue weighted by molar-refractivity contribution is 0.717. The number of hydrogen-bond donors (Lipinski definition) is 0. The summed E-state index contributed by atoms with van der Waals surface area (Å²) in [5, 5.41) is 0. The van der Waals surface area contributed by atoms with E-state index in [0.29, 0.717) is 10.7 Å². The molecule has 0 aliphatic rings. The minimum Gasteiger partial charge on any atom is -0.0893 e. The van der Waals surface area contributed by atoms with Crippen LogP contribution in [0.2, 0.25) is 0 Å². The highest BCUT2D eigenvalue weighted by Crippen LogP contribution is 2.30. The zero-order valence-electron chi connectivity index (χ0n) is 10.0. The van der Waals surface area contributed by atoms with Gasteiger partial charge in [-0.15, -0.1) is 0 Å². The molecule has 0 heterocycles. The average molecular weight is 289 g/mol. The van der Waals surface area contributed by atoms with Gasteiger partial charge in [-0.3, -0.25) is 0 Å². The van der Waals surface area contributed by atoms with E-state index >= 15 is 0 Å². The van der Waals surface area contributed by atoms with Crippen LogP contribution in [0.25, 0.3) is 0 Å². The maximum absolute atomic E-state index is 3.67. The summed E-state index contributed by atoms with van der Waals surface area (Å²) >= 11 is 3.67. The zero-order chi connectivity index (χ0) is 12.1. The molecule has 0 bridgehead atoms. The first-order chi connectivity index (χ1) is 8.27. The van der Waals surface area contributed by atoms with Gasteiger partial charge in [0.25, 0.3) is 0 Å². The molecule has 0 aliphatic carbocycles. The van der Waals surface area contributed by atoms with Crippen molar-refractivity contribution in [3.05, 3.63) is 71.8 Å². The molecule has 1 heteroatoms. The normalized spacial score (nSPS) is 12.6. The number of rotatable bonds is 4. The molecule has 0 N–H and O–H groups in total. The predicted octanol–water partition coefficient (Wildman–Crippen LogP) is 4.99. The molecule has 2 rings (SSSR count). The summed E-state index contributed by atoms with van der Waals surface area (Å²) in [5.41, 5.74) is 2.79. The summed E-state index contributed by atoms with van der Waals surface area (Å²) in [7, 11) is 0. The number of alkyl halides is 1. The summed E-state index contributed by atoms with van der Waals surface area (Å²) in [4.78, 5) is 0.521. The van der Waals surface area contributed by atoms with Gasteiger partial charge >= 0.3 is 0 Å². The third kappa shape index (κ3) is 3.44. The molecule has 17 heavy (non-hydrogen) atoms. The Kier molecular flexibility index (Phi) is 4.38. The molecule has 0 amide bonds. The quantitative estimate of drug-likeness (QED) is 0.695. The fraction of sp³-hybridized carbons (Fsp3) is 0.250. The highest BCUT2D eigenvalue weighted by molar-refractivity contribution is 9.09. The van der Waals surface area contributed by atoms with Gasteiger partial charge in [-0.2, -0.15) is 0 Å². The monoisotopic (exact) mass is 288 g/mol. The first-order valence-corrected chi connectivity index (χ1v) is 6.93. The number of halogens is 1. The second-order valence-corrected chi connectivity index (χ2v) is 5.95. The van der Waals surface area contributed by atoms with Gasteiger partial charge in [0.05, 0.1) is 0 Å². The van der Waals surface area contributed by atoms with Crippen molar-refractivity contribution in [2.75, 3.05) is 0 Å². The summed E-state index contributed by atoms with van der Waals surface area (Å²) in [6, 6.07) is 21.5. The van der Waals surface area contributed by atoms with Crippen LogP contribution < -0.4 is 0 Å². The highest BCUT2D eigenvalue weighted by atomic mass is 79.9. The predicted molar refractivity (Wildman–Crippen MR) is 77.7 cm³/mol. The van der Waals surface area contributed by atoms with Crippen LogP contribution in [0.3, 0.4) is 0 Å². The molecule has 0 saturated heterocycles. The van der Waals surface area contributed by atoms with Crippen molar-refractivity contribution in [3.8, 4) is 0 Å². The first kappa shape index (κ1) is 12.4. The minimum atomic E-state index is 0.478. The molecule has 0 radical (unpaired) electrons. The van der Waals surface area contributed by atoms with Crippen molar-refractivity contribution in [3.63, 3.8) is 0 Å². The second-order valence-electron chi connectivity index (χ2n) is 4.39. The summed E-state index contributed by atoms with van der Waals surface area (Å²) < 4.78 is 0. The lowest BCUT2D eigenvalue weighted by Crippen LogP contribution is -2.06. The van der Waals surface area contributed by atoms with Gasteiger partial charge in [-0.05, 0) is 17.5 Å². The maximum atomic E-state index is 3.67. The van der Waals surface area contributed by atoms with E-state index in [4.69, 9.17) is 0 Å². The summed E-state index contributed by atoms with van der Waals surface area (Å²) in [5.74, 6) is 0.478. The largest absolute Gasteiger partial charge is 0.0893 e. The van der Waals surface area contributed by atoms with E-state index in [9.17, 15) is 0 Å². The van der Waals surface area contributed by atoms with Crippen LogP contribution in [0.1, 0.15) is 30.4 Å². The molecular formula is C16H17Br. The van der Waals surface area contributed by atoms with Crippen molar-refractivity contribution in [2.24, 2.45) is 0 Å². The van der Waals surface area contributed by atoms with Crippen LogP contribution in [0.4, 0.5) is 0 Å². The molecule has 0 nitrogen and oxygen atoms in total. The molecule has 0 unspecified atom stereocenters. The van der Waals surface area contributed by atoms with E-state index in [-0.39, 0.29) is 0 Å². The van der Waals surface area contributed by atoms with Crippen molar-refractivity contribution in [2.45, 2.75) is 24.1 Å². The molecule has 88 valence electrons. The van der Waals surface area contributed by atoms with Crippen LogP contribution in [0, 0.1) is 0 Å². The van der Waals surface area contributed by atoms with E-state index in [1.807, 2.05) is 0 Å². The molecule has 0 fully saturated rings. The molecule has 0 saturated carbocycles. The molecule has 2 aromatic rings. The van der Waals surface area contributed by atoms with Gasteiger partial charge < -0.3 is 0 Å². The Morgan fingerprint density at radius 3 is 1.59 bits per heavy atom. The maximum Gasteiger partial charge on any atom is 0.0126 e. The SMILES string of the molecule is C[C@@H](Br)CC(c1ccccc1)c1ccccc1. The Morgan fingerprint density at radius 1 is 0.824 bits per heavy atom. The Bertz CT molecular complexity index is 394. The van der Waals surface area contributed by atoms with Crippen molar-refractivity contribution in [1.82, 2.24) is 0 Å². The third-order valence-electron chi connectivity index (χ3n) is 2.96. The topological polar surface area (TPSA) is 0 Å². The van der Waals surface area contributed by atoms with Gasteiger partial charge in [-0.25, -0.2) is 0 Å². The molecule has 0 aromatic heterocycles. The van der Waals surface area contributed by atoms with E-state index in [1.165, 1.54) is 11.1 Å². The van der Waals surface area contributed by atoms with Crippen molar-refractivity contribution in [1.29, 1.82) is 0 Å². The van der Waals surface area contributed by atoms with Crippen LogP contribution in [0.15, 0.2) is 60.7 Å². The standard InChI is InChI=1S/C16H17Br/c1-13(17)12-16(14-8-4-2-5-9-14)15-10-6-3-7-11-15/h2-11,13,16H,12H2,1H3/t13-/m1/s1. The van der Waals surface area contributed by atoms with E-state index in [0.717, 1.165) is 6.42 Å². The van der Waals surface area contributed by atoms with Gasteiger partial charge in [-0.1, -0.05) is 83.5 Å². The second kappa shape index (κ2) is 6.02. The molecule has 0 aliphatic heterocycles. The van der Waals surface area contributed by atoms with Crippen molar-refractivity contribution < 1.29 is 0 Å². The van der Waals surface area contributed by atoms with E-state index in [1.54, 1.807) is 0 Å². The van der Waals surface area contributed by atoms with Crippen molar-refractivity contribution >= 4 is 15.9 Å². The van der Waals surface area contributed by atoms with Gasteiger partial charge in [0.15, 0.2) is 0 Å². The molecule has 1 atom stereocenters.